The van der Waals surface area contributed by atoms with E-state index in [9.17, 15) is 36.2 Å². The van der Waals surface area contributed by atoms with Gasteiger partial charge >= 0.3 is 18.3 Å². The monoisotopic (exact) mass is 647 g/mol. The van der Waals surface area contributed by atoms with Crippen LogP contribution in [0.2, 0.25) is 0 Å². The highest BCUT2D eigenvalue weighted by molar-refractivity contribution is 5.82. The number of hydrogen-bond acceptors (Lipinski definition) is 2. The molecule has 0 spiro atoms. The largest absolute Gasteiger partial charge is 0.481 e. The number of halogens is 6. The minimum absolute atomic E-state index is 0.0282. The summed E-state index contributed by atoms with van der Waals surface area (Å²) in [5.74, 6) is -0.431. The molecule has 2 unspecified atom stereocenters. The zero-order valence-electron chi connectivity index (χ0n) is 26.8. The molecule has 2 atom stereocenters. The summed E-state index contributed by atoms with van der Waals surface area (Å²) in [6.45, 7) is 9.28. The molecular weight excluding hydrogens is 604 g/mol. The second kappa shape index (κ2) is 14.2. The molecule has 1 N–H and O–H groups in total. The van der Waals surface area contributed by atoms with Crippen molar-refractivity contribution in [2.45, 2.75) is 95.9 Å². The van der Waals surface area contributed by atoms with E-state index in [0.29, 0.717) is 48.5 Å². The van der Waals surface area contributed by atoms with Gasteiger partial charge in [-0.15, -0.1) is 0 Å². The Morgan fingerprint density at radius 2 is 1.35 bits per heavy atom. The Hall–Kier alpha value is -3.33. The van der Waals surface area contributed by atoms with Crippen molar-refractivity contribution in [3.8, 4) is 11.1 Å². The number of likely N-dealkylation sites (tertiary alicyclic amines) is 1. The van der Waals surface area contributed by atoms with Gasteiger partial charge in [-0.1, -0.05) is 63.6 Å². The average molecular weight is 648 g/mol. The van der Waals surface area contributed by atoms with Gasteiger partial charge in [0.2, 0.25) is 0 Å². The minimum atomic E-state index is -4.46. The lowest BCUT2D eigenvalue weighted by atomic mass is 9.75. The maximum Gasteiger partial charge on any atom is 0.416 e. The molecule has 0 bridgehead atoms. The van der Waals surface area contributed by atoms with E-state index < -0.39 is 34.9 Å². The number of hydrogen-bond donors (Lipinski definition) is 1. The molecule has 0 radical (unpaired) electrons. The summed E-state index contributed by atoms with van der Waals surface area (Å²) in [6.07, 6.45) is -4.56. The van der Waals surface area contributed by atoms with E-state index in [2.05, 4.69) is 18.7 Å². The Morgan fingerprint density at radius 3 is 1.83 bits per heavy atom. The van der Waals surface area contributed by atoms with Gasteiger partial charge in [0.05, 0.1) is 16.5 Å². The van der Waals surface area contributed by atoms with Gasteiger partial charge in [-0.2, -0.15) is 26.3 Å². The van der Waals surface area contributed by atoms with Gasteiger partial charge in [0.1, 0.15) is 0 Å². The van der Waals surface area contributed by atoms with Crippen LogP contribution in [0.25, 0.3) is 11.1 Å². The molecule has 46 heavy (non-hydrogen) atoms. The maximum atomic E-state index is 13.3. The summed E-state index contributed by atoms with van der Waals surface area (Å²) in [4.78, 5) is 14.9. The number of alkyl halides is 6. The van der Waals surface area contributed by atoms with Gasteiger partial charge < -0.3 is 5.11 Å². The lowest BCUT2D eigenvalue weighted by molar-refractivity contribution is -0.143. The normalized spacial score (nSPS) is 17.2. The summed E-state index contributed by atoms with van der Waals surface area (Å²) in [6, 6.07) is 16.1. The quantitative estimate of drug-likeness (QED) is 0.211. The lowest BCUT2D eigenvalue weighted by Crippen LogP contribution is -2.36. The van der Waals surface area contributed by atoms with Crippen molar-refractivity contribution in [1.82, 2.24) is 4.90 Å². The number of piperidine rings is 1. The number of carbonyl (C=O) groups is 1. The lowest BCUT2D eigenvalue weighted by Gasteiger charge is -2.39. The van der Waals surface area contributed by atoms with E-state index in [1.165, 1.54) is 12.1 Å². The molecule has 0 aromatic heterocycles. The Morgan fingerprint density at radius 1 is 0.804 bits per heavy atom. The van der Waals surface area contributed by atoms with E-state index in [1.807, 2.05) is 19.1 Å². The maximum absolute atomic E-state index is 13.3. The molecule has 1 heterocycles. The second-order valence-electron chi connectivity index (χ2n) is 13.2. The van der Waals surface area contributed by atoms with E-state index in [4.69, 9.17) is 0 Å². The van der Waals surface area contributed by atoms with Gasteiger partial charge in [0.25, 0.3) is 0 Å². The van der Waals surface area contributed by atoms with E-state index in [-0.39, 0.29) is 12.0 Å². The topological polar surface area (TPSA) is 40.5 Å². The number of aliphatic carboxylic acids is 1. The van der Waals surface area contributed by atoms with Crippen LogP contribution in [0.5, 0.6) is 0 Å². The Bertz CT molecular complexity index is 1460. The third-order valence-corrected chi connectivity index (χ3v) is 9.44. The van der Waals surface area contributed by atoms with Gasteiger partial charge in [-0.05, 0) is 122 Å². The van der Waals surface area contributed by atoms with E-state index >= 15 is 0 Å². The van der Waals surface area contributed by atoms with E-state index in [1.54, 1.807) is 25.1 Å². The van der Waals surface area contributed by atoms with Crippen molar-refractivity contribution >= 4 is 5.97 Å². The number of rotatable bonds is 11. The highest BCUT2D eigenvalue weighted by atomic mass is 19.4. The molecule has 1 aliphatic rings. The first-order chi connectivity index (χ1) is 21.5. The summed E-state index contributed by atoms with van der Waals surface area (Å²) in [5, 5.41) is 10.3. The fourth-order valence-corrected chi connectivity index (χ4v) is 6.59. The van der Waals surface area contributed by atoms with Crippen LogP contribution in [0.4, 0.5) is 26.3 Å². The Kier molecular flexibility index (Phi) is 11.0. The Labute approximate surface area is 267 Å². The van der Waals surface area contributed by atoms with Crippen molar-refractivity contribution in [3.05, 3.63) is 94.5 Å². The highest BCUT2D eigenvalue weighted by Gasteiger charge is 2.36. The van der Waals surface area contributed by atoms with E-state index in [0.717, 1.165) is 61.1 Å². The van der Waals surface area contributed by atoms with Crippen LogP contribution < -0.4 is 0 Å². The van der Waals surface area contributed by atoms with Crippen LogP contribution in [-0.2, 0) is 22.6 Å². The second-order valence-corrected chi connectivity index (χ2v) is 13.2. The number of nitrogens with zero attached hydrogens (tertiary/aromatic N) is 1. The summed E-state index contributed by atoms with van der Waals surface area (Å²) >= 11 is 0. The van der Waals surface area contributed by atoms with Crippen molar-refractivity contribution in [3.63, 3.8) is 0 Å². The molecule has 0 amide bonds. The first-order valence-corrected chi connectivity index (χ1v) is 16.0. The number of benzene rings is 3. The van der Waals surface area contributed by atoms with Crippen LogP contribution >= 0.6 is 0 Å². The number of carboxylic acid groups (broad SMARTS) is 1. The van der Waals surface area contributed by atoms with Gasteiger partial charge in [-0.25, -0.2) is 0 Å². The molecule has 1 saturated heterocycles. The van der Waals surface area contributed by atoms with Crippen molar-refractivity contribution < 1.29 is 36.2 Å². The zero-order valence-corrected chi connectivity index (χ0v) is 26.8. The zero-order chi connectivity index (χ0) is 33.9. The molecule has 3 nitrogen and oxygen atoms in total. The van der Waals surface area contributed by atoms with Gasteiger partial charge in [0.15, 0.2) is 0 Å². The molecule has 4 rings (SSSR count). The number of carboxylic acids is 1. The Balaban J connectivity index is 1.65. The van der Waals surface area contributed by atoms with Crippen LogP contribution in [0, 0.1) is 5.92 Å². The van der Waals surface area contributed by atoms with Gasteiger partial charge in [0, 0.05) is 6.04 Å². The fourth-order valence-electron chi connectivity index (χ4n) is 6.59. The third kappa shape index (κ3) is 8.33. The molecular formula is C37H43F6NO2. The van der Waals surface area contributed by atoms with Crippen molar-refractivity contribution in [2.75, 3.05) is 13.1 Å². The third-order valence-electron chi connectivity index (χ3n) is 9.44. The predicted molar refractivity (Wildman–Crippen MR) is 169 cm³/mol. The summed E-state index contributed by atoms with van der Waals surface area (Å²) in [7, 11) is 0. The van der Waals surface area contributed by atoms with Crippen LogP contribution in [0.1, 0.15) is 106 Å². The first kappa shape index (κ1) is 35.5. The molecule has 1 fully saturated rings. The van der Waals surface area contributed by atoms with Crippen LogP contribution in [-0.4, -0.2) is 29.1 Å². The smallest absolute Gasteiger partial charge is 0.416 e. The minimum Gasteiger partial charge on any atom is -0.481 e. The van der Waals surface area contributed by atoms with Gasteiger partial charge in [-0.3, -0.25) is 9.69 Å². The SMILES string of the molecule is CCCC(C)(C(=O)O)c1cc(-c2ccc(C(F)(F)F)cc2)cc(C2CCN(C(CCC(C)C)c3ccc(C(F)(F)F)cc3)CC2)c1. The fraction of sp³-hybridized carbons (Fsp3) is 0.486. The highest BCUT2D eigenvalue weighted by Crippen LogP contribution is 2.41. The van der Waals surface area contributed by atoms with Crippen molar-refractivity contribution in [2.24, 2.45) is 5.92 Å². The molecule has 9 heteroatoms. The summed E-state index contributed by atoms with van der Waals surface area (Å²) < 4.78 is 79.5. The first-order valence-electron chi connectivity index (χ1n) is 16.0. The summed E-state index contributed by atoms with van der Waals surface area (Å²) in [5.41, 5.74) is 1.09. The molecule has 0 aliphatic carbocycles. The molecule has 1 aliphatic heterocycles. The van der Waals surface area contributed by atoms with Crippen LogP contribution in [0.15, 0.2) is 66.7 Å². The molecule has 0 saturated carbocycles. The van der Waals surface area contributed by atoms with Crippen molar-refractivity contribution in [1.29, 1.82) is 0 Å². The average Bonchev–Trinajstić information content (AvgIpc) is 3.00. The standard InChI is InChI=1S/C37H43F6NO2/c1-5-18-35(4,34(45)46)32-22-28(25-7-11-30(12-8-25)36(38,39)40)21-29(23-32)26-16-19-44(20-17-26)33(15-6-24(2)3)27-9-13-31(14-10-27)37(41,42)43/h7-14,21-24,26,33H,5-6,15-20H2,1-4H3,(H,45,46). The molecule has 3 aromatic rings. The van der Waals surface area contributed by atoms with Crippen LogP contribution in [0.3, 0.4) is 0 Å². The molecule has 250 valence electrons. The predicted octanol–water partition coefficient (Wildman–Crippen LogP) is 10.9. The molecule has 3 aromatic carbocycles.